The molecule has 0 bridgehead atoms. The third kappa shape index (κ3) is 4.11. The quantitative estimate of drug-likeness (QED) is 0.842. The van der Waals surface area contributed by atoms with Gasteiger partial charge in [-0.3, -0.25) is 4.79 Å². The fourth-order valence-electron chi connectivity index (χ4n) is 3.29. The molecule has 0 aliphatic carbocycles. The number of carbonyl (C=O) groups excluding carboxylic acids is 1. The van der Waals surface area contributed by atoms with E-state index in [-0.39, 0.29) is 24.4 Å². The van der Waals surface area contributed by atoms with Crippen LogP contribution in [0.25, 0.3) is 0 Å². The van der Waals surface area contributed by atoms with Crippen LogP contribution in [0.5, 0.6) is 11.5 Å². The molecular weight excluding hydrogens is 352 g/mol. The molecule has 26 heavy (non-hydrogen) atoms. The molecule has 0 aromatic heterocycles. The van der Waals surface area contributed by atoms with Gasteiger partial charge in [0.15, 0.2) is 0 Å². The number of amides is 1. The van der Waals surface area contributed by atoms with Crippen LogP contribution in [0.2, 0.25) is 0 Å². The smallest absolute Gasteiger partial charge is 0.251 e. The summed E-state index contributed by atoms with van der Waals surface area (Å²) in [4.78, 5) is 12.6. The molecule has 2 aromatic rings. The molecule has 0 fully saturated rings. The van der Waals surface area contributed by atoms with Crippen LogP contribution in [0, 0.1) is 6.92 Å². The second-order valence-electron chi connectivity index (χ2n) is 6.17. The first-order chi connectivity index (χ1) is 12.1. The number of hydrogen-bond acceptors (Lipinski definition) is 4. The van der Waals surface area contributed by atoms with Crippen molar-refractivity contribution in [3.8, 4) is 11.5 Å². The molecule has 0 saturated carbocycles. The minimum absolute atomic E-state index is 0. The average molecular weight is 377 g/mol. The Labute approximate surface area is 160 Å². The lowest BCUT2D eigenvalue weighted by atomic mass is 9.94. The third-order valence-electron chi connectivity index (χ3n) is 4.70. The van der Waals surface area contributed by atoms with Gasteiger partial charge in [-0.2, -0.15) is 0 Å². The van der Waals surface area contributed by atoms with Gasteiger partial charge in [0.25, 0.3) is 5.91 Å². The Kier molecular flexibility index (Phi) is 6.89. The number of methoxy groups -OCH3 is 2. The molecule has 1 heterocycles. The molecule has 1 atom stereocenters. The zero-order valence-corrected chi connectivity index (χ0v) is 16.1. The van der Waals surface area contributed by atoms with E-state index < -0.39 is 0 Å². The van der Waals surface area contributed by atoms with Crippen LogP contribution < -0.4 is 20.1 Å². The van der Waals surface area contributed by atoms with Crippen molar-refractivity contribution in [2.24, 2.45) is 0 Å². The molecule has 140 valence electrons. The van der Waals surface area contributed by atoms with E-state index in [1.54, 1.807) is 26.4 Å². The number of carbonyl (C=O) groups is 1. The predicted octanol–water partition coefficient (Wildman–Crippen LogP) is 3.05. The van der Waals surface area contributed by atoms with Crippen LogP contribution in [0.3, 0.4) is 0 Å². The Morgan fingerprint density at radius 2 is 1.85 bits per heavy atom. The van der Waals surface area contributed by atoms with Gasteiger partial charge in [-0.1, -0.05) is 24.3 Å². The van der Waals surface area contributed by atoms with E-state index in [0.29, 0.717) is 23.6 Å². The number of benzene rings is 2. The molecule has 5 nitrogen and oxygen atoms in total. The zero-order chi connectivity index (χ0) is 17.8. The Hall–Kier alpha value is -2.24. The van der Waals surface area contributed by atoms with Gasteiger partial charge in [-0.25, -0.2) is 0 Å². The molecule has 1 unspecified atom stereocenters. The first-order valence-corrected chi connectivity index (χ1v) is 8.46. The van der Waals surface area contributed by atoms with Gasteiger partial charge in [0, 0.05) is 23.7 Å². The average Bonchev–Trinajstić information content (AvgIpc) is 2.66. The lowest BCUT2D eigenvalue weighted by Gasteiger charge is -2.27. The van der Waals surface area contributed by atoms with Crippen molar-refractivity contribution < 1.29 is 14.3 Å². The maximum atomic E-state index is 12.6. The van der Waals surface area contributed by atoms with Gasteiger partial charge < -0.3 is 20.1 Å². The van der Waals surface area contributed by atoms with Crippen molar-refractivity contribution in [2.75, 3.05) is 27.3 Å². The minimum atomic E-state index is -0.138. The summed E-state index contributed by atoms with van der Waals surface area (Å²) in [6.45, 7) is 3.36. The highest BCUT2D eigenvalue weighted by Crippen LogP contribution is 2.29. The fourth-order valence-corrected chi connectivity index (χ4v) is 3.29. The molecular formula is C20H25ClN2O3. The van der Waals surface area contributed by atoms with E-state index in [0.717, 1.165) is 18.5 Å². The van der Waals surface area contributed by atoms with Crippen molar-refractivity contribution >= 4 is 18.3 Å². The highest BCUT2D eigenvalue weighted by atomic mass is 35.5. The van der Waals surface area contributed by atoms with Gasteiger partial charge in [0.05, 0.1) is 14.2 Å². The lowest BCUT2D eigenvalue weighted by molar-refractivity contribution is 0.0948. The molecule has 2 aromatic carbocycles. The van der Waals surface area contributed by atoms with Crippen molar-refractivity contribution in [3.63, 3.8) is 0 Å². The van der Waals surface area contributed by atoms with Crippen molar-refractivity contribution in [3.05, 3.63) is 58.7 Å². The van der Waals surface area contributed by atoms with Crippen LogP contribution in [0.4, 0.5) is 0 Å². The van der Waals surface area contributed by atoms with E-state index in [2.05, 4.69) is 28.8 Å². The van der Waals surface area contributed by atoms with E-state index in [9.17, 15) is 4.79 Å². The van der Waals surface area contributed by atoms with Crippen molar-refractivity contribution in [2.45, 2.75) is 19.4 Å². The van der Waals surface area contributed by atoms with Crippen LogP contribution in [-0.2, 0) is 6.42 Å². The van der Waals surface area contributed by atoms with E-state index in [1.165, 1.54) is 11.1 Å². The second-order valence-corrected chi connectivity index (χ2v) is 6.17. The first kappa shape index (κ1) is 20.1. The normalized spacial score (nSPS) is 15.4. The highest BCUT2D eigenvalue weighted by molar-refractivity contribution is 5.95. The number of halogens is 1. The fraction of sp³-hybridized carbons (Fsp3) is 0.350. The van der Waals surface area contributed by atoms with Gasteiger partial charge in [-0.05, 0) is 43.1 Å². The summed E-state index contributed by atoms with van der Waals surface area (Å²) >= 11 is 0. The Morgan fingerprint density at radius 1 is 1.19 bits per heavy atom. The standard InChI is InChI=1S/C20H24N2O3.ClH/c1-13-18(24-2)10-15(11-19(13)25-3)20(23)22-12-17-16-7-5-4-6-14(16)8-9-21-17;/h4-7,10-11,17,21H,8-9,12H2,1-3H3,(H,22,23);1H. The molecule has 1 aliphatic rings. The summed E-state index contributed by atoms with van der Waals surface area (Å²) < 4.78 is 10.7. The predicted molar refractivity (Wildman–Crippen MR) is 105 cm³/mol. The second kappa shape index (κ2) is 8.92. The monoisotopic (exact) mass is 376 g/mol. The van der Waals surface area contributed by atoms with E-state index in [1.807, 2.05) is 13.0 Å². The topological polar surface area (TPSA) is 59.6 Å². The molecule has 0 spiro atoms. The maximum Gasteiger partial charge on any atom is 0.251 e. The molecule has 1 amide bonds. The van der Waals surface area contributed by atoms with Crippen LogP contribution >= 0.6 is 12.4 Å². The van der Waals surface area contributed by atoms with Crippen LogP contribution in [0.15, 0.2) is 36.4 Å². The molecule has 1 aliphatic heterocycles. The van der Waals surface area contributed by atoms with E-state index in [4.69, 9.17) is 9.47 Å². The molecule has 3 rings (SSSR count). The highest BCUT2D eigenvalue weighted by Gasteiger charge is 2.20. The number of hydrogen-bond donors (Lipinski definition) is 2. The zero-order valence-electron chi connectivity index (χ0n) is 15.3. The summed E-state index contributed by atoms with van der Waals surface area (Å²) in [5.41, 5.74) is 4.01. The SMILES string of the molecule is COc1cc(C(=O)NCC2NCCc3ccccc32)cc(OC)c1C.Cl. The summed E-state index contributed by atoms with van der Waals surface area (Å²) in [7, 11) is 3.18. The third-order valence-corrected chi connectivity index (χ3v) is 4.70. The number of nitrogens with one attached hydrogen (secondary N) is 2. The van der Waals surface area contributed by atoms with Gasteiger partial charge in [0.2, 0.25) is 0 Å². The summed E-state index contributed by atoms with van der Waals surface area (Å²) in [5.74, 6) is 1.15. The molecule has 0 radical (unpaired) electrons. The summed E-state index contributed by atoms with van der Waals surface area (Å²) in [6.07, 6.45) is 1.02. The maximum absolute atomic E-state index is 12.6. The summed E-state index contributed by atoms with van der Waals surface area (Å²) in [5, 5.41) is 6.49. The van der Waals surface area contributed by atoms with Gasteiger partial charge >= 0.3 is 0 Å². The Bertz CT molecular complexity index is 754. The van der Waals surface area contributed by atoms with Crippen LogP contribution in [-0.4, -0.2) is 33.2 Å². The van der Waals surface area contributed by atoms with Gasteiger partial charge in [0.1, 0.15) is 11.5 Å². The van der Waals surface area contributed by atoms with Crippen LogP contribution in [0.1, 0.15) is 33.1 Å². The molecule has 0 saturated heterocycles. The first-order valence-electron chi connectivity index (χ1n) is 8.46. The van der Waals surface area contributed by atoms with Crippen molar-refractivity contribution in [1.29, 1.82) is 0 Å². The molecule has 6 heteroatoms. The largest absolute Gasteiger partial charge is 0.496 e. The number of fused-ring (bicyclic) bond motifs is 1. The lowest BCUT2D eigenvalue weighted by Crippen LogP contribution is -2.38. The number of rotatable bonds is 5. The summed E-state index contributed by atoms with van der Waals surface area (Å²) in [6, 6.07) is 12.0. The Balaban J connectivity index is 0.00000243. The Morgan fingerprint density at radius 3 is 2.50 bits per heavy atom. The number of ether oxygens (including phenoxy) is 2. The van der Waals surface area contributed by atoms with Crippen molar-refractivity contribution in [1.82, 2.24) is 10.6 Å². The van der Waals surface area contributed by atoms with E-state index >= 15 is 0 Å². The minimum Gasteiger partial charge on any atom is -0.496 e. The van der Waals surface area contributed by atoms with Gasteiger partial charge in [-0.15, -0.1) is 12.4 Å². The molecule has 2 N–H and O–H groups in total.